The van der Waals surface area contributed by atoms with Crippen molar-refractivity contribution < 1.29 is 19.3 Å². The summed E-state index contributed by atoms with van der Waals surface area (Å²) in [6.07, 6.45) is -2.23. The highest BCUT2D eigenvalue weighted by atomic mass is 19.1. The smallest absolute Gasteiger partial charge is 0.332 e. The largest absolute Gasteiger partial charge is 0.388 e. The molecule has 4 N–H and O–H groups in total. The third kappa shape index (κ3) is 2.66. The number of aliphatic hydroxyl groups is 2. The number of hydrogen-bond acceptors (Lipinski definition) is 7. The van der Waals surface area contributed by atoms with Gasteiger partial charge in [0.2, 0.25) is 5.95 Å². The maximum atomic E-state index is 12.8. The van der Waals surface area contributed by atoms with Gasteiger partial charge in [-0.3, -0.25) is 4.57 Å². The van der Waals surface area contributed by atoms with E-state index >= 15 is 0 Å². The first-order valence-electron chi connectivity index (χ1n) is 7.78. The molecule has 1 aliphatic rings. The van der Waals surface area contributed by atoms with E-state index in [1.807, 2.05) is 6.92 Å². The second-order valence-corrected chi connectivity index (χ2v) is 5.83. The fraction of sp³-hybridized carbons (Fsp3) is 0.643. The van der Waals surface area contributed by atoms with Crippen LogP contribution in [0.25, 0.3) is 11.2 Å². The average molecular weight is 341 g/mol. The fourth-order valence-electron chi connectivity index (χ4n) is 3.00. The lowest BCUT2D eigenvalue weighted by atomic mass is 10.1. The van der Waals surface area contributed by atoms with Gasteiger partial charge < -0.3 is 20.7 Å². The second kappa shape index (κ2) is 6.46. The van der Waals surface area contributed by atoms with Crippen LogP contribution < -0.4 is 11.4 Å². The normalized spacial score (nSPS) is 25.4. The number of ether oxygens (including phenoxy) is 1. The van der Waals surface area contributed by atoms with Crippen LogP contribution in [0.4, 0.5) is 10.3 Å². The lowest BCUT2D eigenvalue weighted by Gasteiger charge is -2.17. The van der Waals surface area contributed by atoms with Crippen LogP contribution in [0.1, 0.15) is 26.0 Å². The lowest BCUT2D eigenvalue weighted by molar-refractivity contribution is -0.0797. The first kappa shape index (κ1) is 16.8. The summed E-state index contributed by atoms with van der Waals surface area (Å²) in [5.74, 6) is -0.0160. The Balaban J connectivity index is 2.10. The summed E-state index contributed by atoms with van der Waals surface area (Å²) in [4.78, 5) is 20.8. The molecule has 3 rings (SSSR count). The molecule has 3 heterocycles. The van der Waals surface area contributed by atoms with Crippen molar-refractivity contribution in [1.82, 2.24) is 19.1 Å². The molecule has 1 unspecified atom stereocenters. The van der Waals surface area contributed by atoms with Crippen molar-refractivity contribution in [1.29, 1.82) is 0 Å². The standard InChI is InChI=1S/C14H20FN5O4/c1-2-3-19-7-6-17-13(16)18-11(7)20(14(19)23)12-8(21)4-10(24-12)9(22)5-15/h6,8-10,12,21-22H,2-5H2,1H3,(H2,16,17,18)/t8-,9?,10+,12-/m1/s1. The Morgan fingerprint density at radius 2 is 2.33 bits per heavy atom. The van der Waals surface area contributed by atoms with Crippen LogP contribution >= 0.6 is 0 Å². The van der Waals surface area contributed by atoms with E-state index in [2.05, 4.69) is 9.97 Å². The molecular formula is C14H20FN5O4. The molecule has 24 heavy (non-hydrogen) atoms. The minimum atomic E-state index is -1.36. The zero-order valence-corrected chi connectivity index (χ0v) is 13.2. The average Bonchev–Trinajstić information content (AvgIpc) is 3.05. The summed E-state index contributed by atoms with van der Waals surface area (Å²) in [6, 6.07) is 0. The highest BCUT2D eigenvalue weighted by molar-refractivity contribution is 5.71. The van der Waals surface area contributed by atoms with Crippen LogP contribution in [0.5, 0.6) is 0 Å². The molecule has 0 amide bonds. The quantitative estimate of drug-likeness (QED) is 0.673. The zero-order chi connectivity index (χ0) is 17.4. The Hall–Kier alpha value is -2.04. The number of nitrogens with zero attached hydrogens (tertiary/aromatic N) is 4. The van der Waals surface area contributed by atoms with E-state index in [9.17, 15) is 19.4 Å². The highest BCUT2D eigenvalue weighted by Gasteiger charge is 2.41. The van der Waals surface area contributed by atoms with E-state index in [0.717, 1.165) is 0 Å². The van der Waals surface area contributed by atoms with Crippen molar-refractivity contribution in [2.45, 2.75) is 50.8 Å². The Bertz CT molecular complexity index is 791. The van der Waals surface area contributed by atoms with Gasteiger partial charge in [-0.05, 0) is 6.42 Å². The van der Waals surface area contributed by atoms with Gasteiger partial charge in [0.15, 0.2) is 11.9 Å². The molecule has 0 radical (unpaired) electrons. The Labute approximate surface area is 136 Å². The lowest BCUT2D eigenvalue weighted by Crippen LogP contribution is -2.32. The first-order valence-corrected chi connectivity index (χ1v) is 7.78. The van der Waals surface area contributed by atoms with Crippen molar-refractivity contribution in [3.8, 4) is 0 Å². The van der Waals surface area contributed by atoms with Crippen LogP contribution in [0.2, 0.25) is 0 Å². The maximum Gasteiger partial charge on any atom is 0.332 e. The van der Waals surface area contributed by atoms with Gasteiger partial charge >= 0.3 is 5.69 Å². The monoisotopic (exact) mass is 341 g/mol. The Morgan fingerprint density at radius 3 is 3.00 bits per heavy atom. The Kier molecular flexibility index (Phi) is 4.52. The number of anilines is 1. The molecule has 0 spiro atoms. The highest BCUT2D eigenvalue weighted by Crippen LogP contribution is 2.31. The summed E-state index contributed by atoms with van der Waals surface area (Å²) in [6.45, 7) is 1.36. The molecule has 2 aromatic heterocycles. The van der Waals surface area contributed by atoms with Crippen molar-refractivity contribution in [2.75, 3.05) is 12.4 Å². The van der Waals surface area contributed by atoms with E-state index in [1.54, 1.807) is 0 Å². The van der Waals surface area contributed by atoms with Gasteiger partial charge in [-0.15, -0.1) is 0 Å². The number of nitrogen functional groups attached to an aromatic ring is 1. The van der Waals surface area contributed by atoms with Crippen LogP contribution in [0.15, 0.2) is 11.0 Å². The molecule has 1 saturated heterocycles. The summed E-state index contributed by atoms with van der Waals surface area (Å²) >= 11 is 0. The number of alkyl halides is 1. The third-order valence-electron chi connectivity index (χ3n) is 4.13. The van der Waals surface area contributed by atoms with Gasteiger partial charge in [0.25, 0.3) is 0 Å². The van der Waals surface area contributed by atoms with Gasteiger partial charge in [-0.2, -0.15) is 4.98 Å². The molecule has 0 saturated carbocycles. The Morgan fingerprint density at radius 1 is 1.58 bits per heavy atom. The van der Waals surface area contributed by atoms with Crippen molar-refractivity contribution in [2.24, 2.45) is 0 Å². The van der Waals surface area contributed by atoms with E-state index < -0.39 is 36.9 Å². The van der Waals surface area contributed by atoms with Gasteiger partial charge in [-0.1, -0.05) is 6.92 Å². The topological polar surface area (TPSA) is 128 Å². The second-order valence-electron chi connectivity index (χ2n) is 5.83. The SMILES string of the molecule is CCCn1c(=O)n([C@@H]2O[C@H](C(O)CF)C[C@H]2O)c2nc(N)ncc21. The van der Waals surface area contributed by atoms with E-state index in [1.165, 1.54) is 15.3 Å². The number of aryl methyl sites for hydroxylation is 1. The number of halogens is 1. The molecule has 9 nitrogen and oxygen atoms in total. The maximum absolute atomic E-state index is 12.8. The predicted molar refractivity (Wildman–Crippen MR) is 83.0 cm³/mol. The van der Waals surface area contributed by atoms with Crippen LogP contribution in [-0.2, 0) is 11.3 Å². The van der Waals surface area contributed by atoms with E-state index in [0.29, 0.717) is 18.5 Å². The number of nitrogens with two attached hydrogens (primary N) is 1. The number of hydrogen-bond donors (Lipinski definition) is 3. The molecule has 132 valence electrons. The molecule has 4 atom stereocenters. The van der Waals surface area contributed by atoms with Crippen molar-refractivity contribution >= 4 is 17.1 Å². The van der Waals surface area contributed by atoms with Gasteiger partial charge in [-0.25, -0.2) is 18.7 Å². The fourth-order valence-corrected chi connectivity index (χ4v) is 3.00. The number of aliphatic hydroxyl groups excluding tert-OH is 2. The third-order valence-corrected chi connectivity index (χ3v) is 4.13. The van der Waals surface area contributed by atoms with E-state index in [-0.39, 0.29) is 18.0 Å². The number of aromatic nitrogens is 4. The molecular weight excluding hydrogens is 321 g/mol. The zero-order valence-electron chi connectivity index (χ0n) is 13.2. The molecule has 0 aromatic carbocycles. The molecule has 1 aliphatic heterocycles. The summed E-state index contributed by atoms with van der Waals surface area (Å²) in [7, 11) is 0. The van der Waals surface area contributed by atoms with Crippen LogP contribution in [0, 0.1) is 0 Å². The minimum absolute atomic E-state index is 0.0160. The molecule has 2 aromatic rings. The van der Waals surface area contributed by atoms with Crippen LogP contribution in [0.3, 0.4) is 0 Å². The summed E-state index contributed by atoms with van der Waals surface area (Å²) in [5, 5.41) is 19.9. The summed E-state index contributed by atoms with van der Waals surface area (Å²) in [5.41, 5.74) is 5.90. The first-order chi connectivity index (χ1) is 11.5. The molecule has 1 fully saturated rings. The van der Waals surface area contributed by atoms with Crippen molar-refractivity contribution in [3.63, 3.8) is 0 Å². The predicted octanol–water partition coefficient (Wildman–Crippen LogP) is -0.436. The minimum Gasteiger partial charge on any atom is -0.388 e. The van der Waals surface area contributed by atoms with Crippen molar-refractivity contribution in [3.05, 3.63) is 16.7 Å². The van der Waals surface area contributed by atoms with Gasteiger partial charge in [0.1, 0.15) is 24.4 Å². The van der Waals surface area contributed by atoms with Gasteiger partial charge in [0, 0.05) is 13.0 Å². The number of fused-ring (bicyclic) bond motifs is 1. The number of rotatable bonds is 5. The number of imidazole rings is 1. The van der Waals surface area contributed by atoms with Gasteiger partial charge in [0.05, 0.1) is 12.3 Å². The summed E-state index contributed by atoms with van der Waals surface area (Å²) < 4.78 is 20.9. The molecule has 0 bridgehead atoms. The van der Waals surface area contributed by atoms with E-state index in [4.69, 9.17) is 10.5 Å². The van der Waals surface area contributed by atoms with Crippen LogP contribution in [-0.4, -0.2) is 54.3 Å². The molecule has 0 aliphatic carbocycles. The molecule has 10 heteroatoms.